The molecule has 0 saturated heterocycles. The van der Waals surface area contributed by atoms with Crippen molar-refractivity contribution < 1.29 is 0 Å². The molecule has 8 heteroatoms. The minimum absolute atomic E-state index is 0.708. The SMILES string of the molecule is c1ccc(-n2nnnc2Sc2ncnc3sc4c(c23)CCC4)cc1. The number of aromatic nitrogens is 6. The van der Waals surface area contributed by atoms with E-state index in [0.29, 0.717) is 5.16 Å². The molecule has 0 amide bonds. The minimum Gasteiger partial charge on any atom is -0.229 e. The Morgan fingerprint density at radius 3 is 2.92 bits per heavy atom. The summed E-state index contributed by atoms with van der Waals surface area (Å²) < 4.78 is 1.74. The maximum Gasteiger partial charge on any atom is 0.220 e. The van der Waals surface area contributed by atoms with Crippen molar-refractivity contribution >= 4 is 33.3 Å². The normalized spacial score (nSPS) is 13.5. The molecule has 24 heavy (non-hydrogen) atoms. The Kier molecular flexibility index (Phi) is 3.30. The fraction of sp³-hybridized carbons (Fsp3) is 0.188. The third kappa shape index (κ3) is 2.22. The third-order valence-electron chi connectivity index (χ3n) is 4.10. The number of aryl methyl sites for hydroxylation is 2. The molecular formula is C16H12N6S2. The quantitative estimate of drug-likeness (QED) is 0.527. The Hall–Kier alpha value is -2.32. The Bertz CT molecular complexity index is 1020. The maximum absolute atomic E-state index is 4.52. The number of thiophene rings is 1. The number of fused-ring (bicyclic) bond motifs is 3. The van der Waals surface area contributed by atoms with E-state index in [1.165, 1.54) is 34.0 Å². The number of rotatable bonds is 3. The predicted molar refractivity (Wildman–Crippen MR) is 92.7 cm³/mol. The molecule has 0 N–H and O–H groups in total. The molecule has 1 aromatic carbocycles. The zero-order chi connectivity index (χ0) is 15.9. The monoisotopic (exact) mass is 352 g/mol. The first-order valence-corrected chi connectivity index (χ1v) is 9.30. The Labute approximate surface area is 146 Å². The highest BCUT2D eigenvalue weighted by molar-refractivity contribution is 7.99. The highest BCUT2D eigenvalue weighted by atomic mass is 32.2. The fourth-order valence-corrected chi connectivity index (χ4v) is 5.23. The molecule has 0 atom stereocenters. The van der Waals surface area contributed by atoms with Crippen molar-refractivity contribution in [2.45, 2.75) is 29.4 Å². The van der Waals surface area contributed by atoms with E-state index in [9.17, 15) is 0 Å². The van der Waals surface area contributed by atoms with Crippen LogP contribution in [-0.4, -0.2) is 30.2 Å². The van der Waals surface area contributed by atoms with E-state index >= 15 is 0 Å². The van der Waals surface area contributed by atoms with Gasteiger partial charge in [-0.1, -0.05) is 18.2 Å². The first kappa shape index (κ1) is 14.1. The van der Waals surface area contributed by atoms with Gasteiger partial charge in [0.1, 0.15) is 16.2 Å². The predicted octanol–water partition coefficient (Wildman–Crippen LogP) is 3.31. The molecule has 6 nitrogen and oxygen atoms in total. The summed E-state index contributed by atoms with van der Waals surface area (Å²) in [5.41, 5.74) is 2.35. The lowest BCUT2D eigenvalue weighted by Crippen LogP contribution is -1.99. The third-order valence-corrected chi connectivity index (χ3v) is 6.24. The minimum atomic E-state index is 0.708. The topological polar surface area (TPSA) is 69.4 Å². The van der Waals surface area contributed by atoms with E-state index in [0.717, 1.165) is 28.4 Å². The van der Waals surface area contributed by atoms with Gasteiger partial charge in [-0.2, -0.15) is 4.68 Å². The summed E-state index contributed by atoms with van der Waals surface area (Å²) in [5.74, 6) is 0. The molecule has 0 unspecified atom stereocenters. The van der Waals surface area contributed by atoms with Crippen LogP contribution in [0.2, 0.25) is 0 Å². The molecule has 5 rings (SSSR count). The summed E-state index contributed by atoms with van der Waals surface area (Å²) in [6.07, 6.45) is 5.12. The van der Waals surface area contributed by atoms with Gasteiger partial charge < -0.3 is 0 Å². The van der Waals surface area contributed by atoms with E-state index in [-0.39, 0.29) is 0 Å². The summed E-state index contributed by atoms with van der Waals surface area (Å²) in [4.78, 5) is 11.5. The smallest absolute Gasteiger partial charge is 0.220 e. The van der Waals surface area contributed by atoms with Crippen molar-refractivity contribution in [1.82, 2.24) is 30.2 Å². The van der Waals surface area contributed by atoms with Crippen LogP contribution in [0.4, 0.5) is 0 Å². The fourth-order valence-electron chi connectivity index (χ4n) is 3.04. The molecule has 3 heterocycles. The summed E-state index contributed by atoms with van der Waals surface area (Å²) in [6, 6.07) is 9.89. The van der Waals surface area contributed by atoms with Crippen LogP contribution in [0.3, 0.4) is 0 Å². The van der Waals surface area contributed by atoms with Gasteiger partial charge in [-0.15, -0.1) is 16.4 Å². The average Bonchev–Trinajstić information content (AvgIpc) is 3.31. The number of hydrogen-bond acceptors (Lipinski definition) is 7. The van der Waals surface area contributed by atoms with Crippen molar-refractivity contribution in [2.24, 2.45) is 0 Å². The van der Waals surface area contributed by atoms with Gasteiger partial charge in [0.2, 0.25) is 5.16 Å². The first-order chi connectivity index (χ1) is 11.9. The number of para-hydroxylation sites is 1. The van der Waals surface area contributed by atoms with Gasteiger partial charge in [0.25, 0.3) is 0 Å². The average molecular weight is 352 g/mol. The summed E-state index contributed by atoms with van der Waals surface area (Å²) in [7, 11) is 0. The molecule has 0 radical (unpaired) electrons. The van der Waals surface area contributed by atoms with Crippen molar-refractivity contribution in [3.63, 3.8) is 0 Å². The van der Waals surface area contributed by atoms with Crippen LogP contribution in [0.5, 0.6) is 0 Å². The van der Waals surface area contributed by atoms with Crippen LogP contribution in [0.25, 0.3) is 15.9 Å². The zero-order valence-electron chi connectivity index (χ0n) is 12.6. The standard InChI is InChI=1S/C16H12N6S2/c1-2-5-10(6-3-1)22-16(19-20-21-22)24-15-13-11-7-4-8-12(11)23-14(13)17-9-18-15/h1-3,5-6,9H,4,7-8H2. The summed E-state index contributed by atoms with van der Waals surface area (Å²) >= 11 is 3.29. The van der Waals surface area contributed by atoms with Crippen molar-refractivity contribution in [1.29, 1.82) is 0 Å². The van der Waals surface area contributed by atoms with Gasteiger partial charge in [-0.3, -0.25) is 0 Å². The molecule has 3 aromatic heterocycles. The van der Waals surface area contributed by atoms with Gasteiger partial charge >= 0.3 is 0 Å². The number of hydrogen-bond donors (Lipinski definition) is 0. The van der Waals surface area contributed by atoms with Crippen LogP contribution in [0, 0.1) is 0 Å². The van der Waals surface area contributed by atoms with E-state index in [1.54, 1.807) is 22.3 Å². The lowest BCUT2D eigenvalue weighted by Gasteiger charge is -2.05. The Balaban J connectivity index is 1.61. The molecule has 1 aliphatic rings. The van der Waals surface area contributed by atoms with Crippen molar-refractivity contribution in [2.75, 3.05) is 0 Å². The molecular weight excluding hydrogens is 340 g/mol. The summed E-state index contributed by atoms with van der Waals surface area (Å²) in [6.45, 7) is 0. The Morgan fingerprint density at radius 1 is 1.08 bits per heavy atom. The van der Waals surface area contributed by atoms with Gasteiger partial charge in [-0.05, 0) is 59.1 Å². The van der Waals surface area contributed by atoms with Crippen LogP contribution in [0.15, 0.2) is 46.8 Å². The van der Waals surface area contributed by atoms with Crippen LogP contribution < -0.4 is 0 Å². The second kappa shape index (κ2) is 5.64. The molecule has 0 fully saturated rings. The van der Waals surface area contributed by atoms with E-state index in [4.69, 9.17) is 0 Å². The van der Waals surface area contributed by atoms with E-state index in [2.05, 4.69) is 25.5 Å². The molecule has 0 saturated carbocycles. The molecule has 0 spiro atoms. The van der Waals surface area contributed by atoms with Crippen LogP contribution in [0.1, 0.15) is 16.9 Å². The van der Waals surface area contributed by atoms with Crippen LogP contribution >= 0.6 is 23.1 Å². The van der Waals surface area contributed by atoms with E-state index < -0.39 is 0 Å². The number of tetrazole rings is 1. The second-order valence-electron chi connectivity index (χ2n) is 5.53. The van der Waals surface area contributed by atoms with Crippen molar-refractivity contribution in [3.05, 3.63) is 47.1 Å². The number of benzene rings is 1. The van der Waals surface area contributed by atoms with E-state index in [1.807, 2.05) is 30.3 Å². The summed E-state index contributed by atoms with van der Waals surface area (Å²) in [5, 5.41) is 15.0. The molecule has 4 aromatic rings. The highest BCUT2D eigenvalue weighted by Crippen LogP contribution is 2.41. The van der Waals surface area contributed by atoms with Gasteiger partial charge in [-0.25, -0.2) is 9.97 Å². The Morgan fingerprint density at radius 2 is 2.00 bits per heavy atom. The van der Waals surface area contributed by atoms with Gasteiger partial charge in [0.05, 0.1) is 5.69 Å². The number of nitrogens with zero attached hydrogens (tertiary/aromatic N) is 6. The molecule has 118 valence electrons. The molecule has 0 aliphatic heterocycles. The van der Waals surface area contributed by atoms with Crippen LogP contribution in [-0.2, 0) is 12.8 Å². The lowest BCUT2D eigenvalue weighted by molar-refractivity contribution is 0.756. The zero-order valence-corrected chi connectivity index (χ0v) is 14.2. The maximum atomic E-state index is 4.52. The largest absolute Gasteiger partial charge is 0.229 e. The second-order valence-corrected chi connectivity index (χ2v) is 7.57. The van der Waals surface area contributed by atoms with Gasteiger partial charge in [0, 0.05) is 10.3 Å². The molecule has 1 aliphatic carbocycles. The van der Waals surface area contributed by atoms with Gasteiger partial charge in [0.15, 0.2) is 0 Å². The van der Waals surface area contributed by atoms with Crippen molar-refractivity contribution in [3.8, 4) is 5.69 Å². The molecule has 0 bridgehead atoms. The highest BCUT2D eigenvalue weighted by Gasteiger charge is 2.22. The first-order valence-electron chi connectivity index (χ1n) is 7.67. The lowest BCUT2D eigenvalue weighted by atomic mass is 10.2.